The molecule has 4 rings (SSSR count). The van der Waals surface area contributed by atoms with Gasteiger partial charge in [-0.25, -0.2) is 8.42 Å². The van der Waals surface area contributed by atoms with Crippen LogP contribution in [0.3, 0.4) is 0 Å². The number of sulfonamides is 1. The molecule has 0 bridgehead atoms. The molecule has 0 unspecified atom stereocenters. The van der Waals surface area contributed by atoms with Crippen molar-refractivity contribution in [3.05, 3.63) is 36.4 Å². The van der Waals surface area contributed by atoms with Crippen LogP contribution in [0, 0.1) is 0 Å². The third-order valence-corrected chi connectivity index (χ3v) is 7.18. The van der Waals surface area contributed by atoms with Gasteiger partial charge in [-0.3, -0.25) is 4.79 Å². The minimum Gasteiger partial charge on any atom is -0.493 e. The zero-order valence-electron chi connectivity index (χ0n) is 17.3. The molecule has 1 fully saturated rings. The van der Waals surface area contributed by atoms with Crippen molar-refractivity contribution in [2.24, 2.45) is 0 Å². The lowest BCUT2D eigenvalue weighted by molar-refractivity contribution is -0.119. The first kappa shape index (κ1) is 21.3. The zero-order valence-corrected chi connectivity index (χ0v) is 18.1. The van der Waals surface area contributed by atoms with Gasteiger partial charge in [0.05, 0.1) is 19.1 Å². The van der Waals surface area contributed by atoms with Crippen molar-refractivity contribution in [1.82, 2.24) is 4.31 Å². The first-order chi connectivity index (χ1) is 14.9. The van der Waals surface area contributed by atoms with Gasteiger partial charge in [-0.15, -0.1) is 0 Å². The van der Waals surface area contributed by atoms with E-state index in [-0.39, 0.29) is 11.4 Å². The van der Waals surface area contributed by atoms with E-state index in [2.05, 4.69) is 5.32 Å². The van der Waals surface area contributed by atoms with E-state index in [1.165, 1.54) is 30.7 Å². The van der Waals surface area contributed by atoms with E-state index in [1.54, 1.807) is 24.3 Å². The molecule has 0 spiro atoms. The van der Waals surface area contributed by atoms with Crippen molar-refractivity contribution in [1.29, 1.82) is 0 Å². The number of fused-ring (bicyclic) bond motifs is 1. The molecule has 0 saturated carbocycles. The number of carbonyl (C=O) groups is 1. The molecule has 2 aliphatic rings. The summed E-state index contributed by atoms with van der Waals surface area (Å²) in [4.78, 5) is 13.0. The topological polar surface area (TPSA) is 103 Å². The van der Waals surface area contributed by atoms with E-state index < -0.39 is 22.0 Å². The van der Waals surface area contributed by atoms with Gasteiger partial charge >= 0.3 is 0 Å². The number of hydrogen-bond donors (Lipinski definition) is 1. The standard InChI is InChI=1S/C21H24N2O7S/c1-27-17-7-5-14(12-19(17)28-2)22-21(24)16-4-3-9-23(16)31(25,26)15-6-8-18-20(13-15)30-11-10-29-18/h5-8,12-13,16H,3-4,9-11H2,1-2H3,(H,22,24)/t16-/m1/s1. The lowest BCUT2D eigenvalue weighted by Crippen LogP contribution is -2.43. The second kappa shape index (κ2) is 8.64. The number of benzene rings is 2. The summed E-state index contributed by atoms with van der Waals surface area (Å²) in [6.07, 6.45) is 1.02. The summed E-state index contributed by atoms with van der Waals surface area (Å²) < 4.78 is 49.2. The maximum atomic E-state index is 13.3. The number of amides is 1. The molecular formula is C21H24N2O7S. The minimum absolute atomic E-state index is 0.0718. The van der Waals surface area contributed by atoms with Crippen LogP contribution >= 0.6 is 0 Å². The fraction of sp³-hybridized carbons (Fsp3) is 0.381. The molecule has 1 saturated heterocycles. The highest BCUT2D eigenvalue weighted by Crippen LogP contribution is 2.35. The molecule has 2 aromatic carbocycles. The summed E-state index contributed by atoms with van der Waals surface area (Å²) in [6, 6.07) is 8.67. The van der Waals surface area contributed by atoms with Crippen LogP contribution in [0.15, 0.2) is 41.3 Å². The number of nitrogens with one attached hydrogen (secondary N) is 1. The smallest absolute Gasteiger partial charge is 0.243 e. The maximum Gasteiger partial charge on any atom is 0.243 e. The Morgan fingerprint density at radius 1 is 1.03 bits per heavy atom. The van der Waals surface area contributed by atoms with E-state index in [0.717, 1.165) is 0 Å². The van der Waals surface area contributed by atoms with Crippen LogP contribution in [0.25, 0.3) is 0 Å². The Kier molecular flexibility index (Phi) is 5.92. The Labute approximate surface area is 180 Å². The first-order valence-electron chi connectivity index (χ1n) is 9.88. The fourth-order valence-corrected chi connectivity index (χ4v) is 5.42. The molecule has 1 atom stereocenters. The van der Waals surface area contributed by atoms with Gasteiger partial charge in [-0.1, -0.05) is 0 Å². The van der Waals surface area contributed by atoms with Crippen LogP contribution in [0.5, 0.6) is 23.0 Å². The highest BCUT2D eigenvalue weighted by atomic mass is 32.2. The van der Waals surface area contributed by atoms with Crippen LogP contribution in [0.1, 0.15) is 12.8 Å². The Morgan fingerprint density at radius 2 is 1.77 bits per heavy atom. The Balaban J connectivity index is 1.55. The van der Waals surface area contributed by atoms with Crippen molar-refractivity contribution >= 4 is 21.6 Å². The maximum absolute atomic E-state index is 13.3. The summed E-state index contributed by atoms with van der Waals surface area (Å²) in [5.41, 5.74) is 0.492. The summed E-state index contributed by atoms with van der Waals surface area (Å²) in [5, 5.41) is 2.79. The minimum atomic E-state index is -3.89. The van der Waals surface area contributed by atoms with Gasteiger partial charge in [0.1, 0.15) is 19.3 Å². The number of hydrogen-bond acceptors (Lipinski definition) is 7. The highest BCUT2D eigenvalue weighted by Gasteiger charge is 2.40. The molecule has 9 nitrogen and oxygen atoms in total. The number of anilines is 1. The molecule has 1 N–H and O–H groups in total. The summed E-state index contributed by atoms with van der Waals surface area (Å²) in [6.45, 7) is 1.04. The van der Waals surface area contributed by atoms with Crippen molar-refractivity contribution < 1.29 is 32.2 Å². The number of carbonyl (C=O) groups excluding carboxylic acids is 1. The molecule has 1 amide bonds. The summed E-state index contributed by atoms with van der Waals surface area (Å²) in [5.74, 6) is 1.50. The van der Waals surface area contributed by atoms with Crippen LogP contribution in [-0.2, 0) is 14.8 Å². The SMILES string of the molecule is COc1ccc(NC(=O)[C@H]2CCCN2S(=O)(=O)c2ccc3c(c2)OCCO3)cc1OC. The second-order valence-corrected chi connectivity index (χ2v) is 9.03. The predicted octanol–water partition coefficient (Wildman–Crippen LogP) is 2.27. The van der Waals surface area contributed by atoms with Gasteiger partial charge in [0.25, 0.3) is 0 Å². The third-order valence-electron chi connectivity index (χ3n) is 5.28. The molecule has 0 aromatic heterocycles. The predicted molar refractivity (Wildman–Crippen MR) is 113 cm³/mol. The molecular weight excluding hydrogens is 424 g/mol. The average molecular weight is 448 g/mol. The van der Waals surface area contributed by atoms with E-state index in [4.69, 9.17) is 18.9 Å². The van der Waals surface area contributed by atoms with Gasteiger partial charge in [0, 0.05) is 24.4 Å². The highest BCUT2D eigenvalue weighted by molar-refractivity contribution is 7.89. The Hall–Kier alpha value is -2.98. The lowest BCUT2D eigenvalue weighted by atomic mass is 10.2. The summed E-state index contributed by atoms with van der Waals surface area (Å²) >= 11 is 0. The van der Waals surface area contributed by atoms with Gasteiger partial charge in [-0.2, -0.15) is 4.31 Å². The van der Waals surface area contributed by atoms with Crippen molar-refractivity contribution in [3.8, 4) is 23.0 Å². The van der Waals surface area contributed by atoms with Crippen molar-refractivity contribution in [2.75, 3.05) is 39.3 Å². The Bertz CT molecular complexity index is 1090. The monoisotopic (exact) mass is 448 g/mol. The van der Waals surface area contributed by atoms with Crippen LogP contribution in [0.4, 0.5) is 5.69 Å². The van der Waals surface area contributed by atoms with Crippen molar-refractivity contribution in [2.45, 2.75) is 23.8 Å². The van der Waals surface area contributed by atoms with E-state index in [9.17, 15) is 13.2 Å². The molecule has 10 heteroatoms. The van der Waals surface area contributed by atoms with E-state index in [1.807, 2.05) is 0 Å². The van der Waals surface area contributed by atoms with E-state index >= 15 is 0 Å². The third kappa shape index (κ3) is 4.13. The number of rotatable bonds is 6. The fourth-order valence-electron chi connectivity index (χ4n) is 3.75. The normalized spacial score (nSPS) is 18.5. The van der Waals surface area contributed by atoms with Crippen LogP contribution in [-0.4, -0.2) is 58.7 Å². The van der Waals surface area contributed by atoms with Gasteiger partial charge in [-0.05, 0) is 37.1 Å². The summed E-state index contributed by atoms with van der Waals surface area (Å²) in [7, 11) is -0.865. The lowest BCUT2D eigenvalue weighted by Gasteiger charge is -2.25. The van der Waals surface area contributed by atoms with Gasteiger partial charge in [0.2, 0.25) is 15.9 Å². The van der Waals surface area contributed by atoms with Crippen LogP contribution in [0.2, 0.25) is 0 Å². The molecule has 2 heterocycles. The molecule has 0 aliphatic carbocycles. The molecule has 166 valence electrons. The molecule has 2 aromatic rings. The number of methoxy groups -OCH3 is 2. The molecule has 2 aliphatic heterocycles. The number of nitrogens with zero attached hydrogens (tertiary/aromatic N) is 1. The van der Waals surface area contributed by atoms with Crippen molar-refractivity contribution in [3.63, 3.8) is 0 Å². The largest absolute Gasteiger partial charge is 0.493 e. The molecule has 0 radical (unpaired) electrons. The van der Waals surface area contributed by atoms with Gasteiger partial charge in [0.15, 0.2) is 23.0 Å². The quantitative estimate of drug-likeness (QED) is 0.723. The van der Waals surface area contributed by atoms with Crippen LogP contribution < -0.4 is 24.3 Å². The average Bonchev–Trinajstić information content (AvgIpc) is 3.30. The zero-order chi connectivity index (χ0) is 22.0. The van der Waals surface area contributed by atoms with E-state index in [0.29, 0.717) is 54.7 Å². The molecule has 31 heavy (non-hydrogen) atoms. The Morgan fingerprint density at radius 3 is 2.52 bits per heavy atom. The number of ether oxygens (including phenoxy) is 4. The van der Waals surface area contributed by atoms with Gasteiger partial charge < -0.3 is 24.3 Å². The second-order valence-electron chi connectivity index (χ2n) is 7.14. The first-order valence-corrected chi connectivity index (χ1v) is 11.3.